The molecule has 1 aromatic heterocycles. The Bertz CT molecular complexity index is 945. The van der Waals surface area contributed by atoms with Crippen LogP contribution in [0, 0.1) is 5.21 Å². The molecule has 3 aromatic rings. The zero-order chi connectivity index (χ0) is 19.6. The van der Waals surface area contributed by atoms with Crippen molar-refractivity contribution in [2.75, 3.05) is 33.4 Å². The van der Waals surface area contributed by atoms with E-state index in [0.29, 0.717) is 26.2 Å². The van der Waals surface area contributed by atoms with E-state index in [2.05, 4.69) is 0 Å². The van der Waals surface area contributed by atoms with Crippen molar-refractivity contribution in [3.8, 4) is 27.7 Å². The summed E-state index contributed by atoms with van der Waals surface area (Å²) in [5.74, 6) is 1.82. The van der Waals surface area contributed by atoms with Gasteiger partial charge < -0.3 is 24.4 Å². The molecule has 1 N–H and O–H groups in total. The molecule has 4 rings (SSSR count). The predicted molar refractivity (Wildman–Crippen MR) is 113 cm³/mol. The van der Waals surface area contributed by atoms with Gasteiger partial charge in [-0.15, -0.1) is 11.3 Å². The number of fused-ring (bicyclic) bond motifs is 1. The highest BCUT2D eigenvalue weighted by Gasteiger charge is 2.22. The second-order valence-corrected chi connectivity index (χ2v) is 8.36. The van der Waals surface area contributed by atoms with Gasteiger partial charge in [-0.25, -0.2) is 0 Å². The van der Waals surface area contributed by atoms with Crippen molar-refractivity contribution in [2.24, 2.45) is 0 Å². The van der Waals surface area contributed by atoms with Crippen LogP contribution in [0.2, 0.25) is 0 Å². The van der Waals surface area contributed by atoms with Crippen molar-refractivity contribution < 1.29 is 19.2 Å². The van der Waals surface area contributed by atoms with Gasteiger partial charge in [-0.3, -0.25) is 0 Å². The first-order valence-corrected chi connectivity index (χ1v) is 10.5. The minimum absolute atomic E-state index is 0.152. The molecule has 1 fully saturated rings. The number of phenols is 1. The summed E-state index contributed by atoms with van der Waals surface area (Å²) in [5, 5.41) is 23.6. The van der Waals surface area contributed by atoms with Gasteiger partial charge in [0.25, 0.3) is 0 Å². The van der Waals surface area contributed by atoms with Gasteiger partial charge >= 0.3 is 0 Å². The summed E-state index contributed by atoms with van der Waals surface area (Å²) < 4.78 is 12.3. The Kier molecular flexibility index (Phi) is 5.44. The molecule has 28 heavy (non-hydrogen) atoms. The maximum Gasteiger partial charge on any atom is 0.146 e. The lowest BCUT2D eigenvalue weighted by atomic mass is 10.1. The third-order valence-corrected chi connectivity index (χ3v) is 6.54. The fraction of sp³-hybridized carbons (Fsp3) is 0.364. The number of hydrogen-bond donors (Lipinski definition) is 1. The minimum Gasteiger partial charge on any atom is -0.633 e. The molecule has 0 aliphatic carbocycles. The SMILES string of the molecule is COc1ccc(-c2sc3cc(O)ccc3c2OCC[N+]2([O-])CCCCC2)cc1. The molecular weight excluding hydrogens is 374 g/mol. The molecule has 2 heterocycles. The molecule has 0 amide bonds. The van der Waals surface area contributed by atoms with Crippen molar-refractivity contribution in [3.63, 3.8) is 0 Å². The van der Waals surface area contributed by atoms with E-state index in [1.54, 1.807) is 30.6 Å². The van der Waals surface area contributed by atoms with E-state index < -0.39 is 0 Å². The second-order valence-electron chi connectivity index (χ2n) is 7.31. The Hall–Kier alpha value is -2.28. The lowest BCUT2D eigenvalue weighted by molar-refractivity contribution is -0.885. The number of quaternary nitrogens is 1. The molecule has 0 radical (unpaired) electrons. The van der Waals surface area contributed by atoms with Crippen LogP contribution in [0.5, 0.6) is 17.2 Å². The maximum atomic E-state index is 12.8. The smallest absolute Gasteiger partial charge is 0.146 e. The molecule has 0 unspecified atom stereocenters. The van der Waals surface area contributed by atoms with Crippen LogP contribution in [-0.4, -0.2) is 43.1 Å². The molecule has 0 saturated carbocycles. The van der Waals surface area contributed by atoms with E-state index in [-0.39, 0.29) is 10.4 Å². The molecule has 1 aliphatic heterocycles. The van der Waals surface area contributed by atoms with Gasteiger partial charge in [-0.1, -0.05) is 0 Å². The Balaban J connectivity index is 1.62. The quantitative estimate of drug-likeness (QED) is 0.459. The van der Waals surface area contributed by atoms with E-state index in [9.17, 15) is 10.3 Å². The number of hydrogen-bond acceptors (Lipinski definition) is 5. The molecule has 6 heteroatoms. The third kappa shape index (κ3) is 3.94. The van der Waals surface area contributed by atoms with Crippen LogP contribution in [-0.2, 0) is 0 Å². The fourth-order valence-electron chi connectivity index (χ4n) is 3.76. The molecule has 0 bridgehead atoms. The van der Waals surface area contributed by atoms with E-state index in [4.69, 9.17) is 9.47 Å². The van der Waals surface area contributed by atoms with Crippen molar-refractivity contribution in [1.29, 1.82) is 0 Å². The van der Waals surface area contributed by atoms with Gasteiger partial charge in [0.15, 0.2) is 0 Å². The average Bonchev–Trinajstić information content (AvgIpc) is 3.06. The molecule has 148 valence electrons. The zero-order valence-corrected chi connectivity index (χ0v) is 16.8. The fourth-order valence-corrected chi connectivity index (χ4v) is 4.95. The largest absolute Gasteiger partial charge is 0.633 e. The van der Waals surface area contributed by atoms with Crippen LogP contribution >= 0.6 is 11.3 Å². The summed E-state index contributed by atoms with van der Waals surface area (Å²) >= 11 is 1.58. The highest BCUT2D eigenvalue weighted by Crippen LogP contribution is 2.45. The highest BCUT2D eigenvalue weighted by molar-refractivity contribution is 7.22. The van der Waals surface area contributed by atoms with E-state index >= 15 is 0 Å². The molecule has 0 spiro atoms. The number of phenolic OH excluding ortho intramolecular Hbond substituents is 1. The van der Waals surface area contributed by atoms with Gasteiger partial charge in [-0.05, 0) is 67.3 Å². The molecule has 1 saturated heterocycles. The average molecular weight is 400 g/mol. The molecule has 5 nitrogen and oxygen atoms in total. The first-order valence-electron chi connectivity index (χ1n) is 9.68. The molecular formula is C22H25NO4S. The number of benzene rings is 2. The normalized spacial score (nSPS) is 16.2. The van der Waals surface area contributed by atoms with Gasteiger partial charge in [0.1, 0.15) is 30.4 Å². The molecule has 0 atom stereocenters. The van der Waals surface area contributed by atoms with Crippen LogP contribution in [0.25, 0.3) is 20.5 Å². The number of nitrogens with zero attached hydrogens (tertiary/aromatic N) is 1. The van der Waals surface area contributed by atoms with Crippen LogP contribution in [0.4, 0.5) is 0 Å². The number of hydroxylamine groups is 3. The first-order chi connectivity index (χ1) is 13.6. The van der Waals surface area contributed by atoms with Crippen molar-refractivity contribution >= 4 is 21.4 Å². The number of methoxy groups -OCH3 is 1. The first kappa shape index (κ1) is 19.1. The molecule has 1 aliphatic rings. The summed E-state index contributed by atoms with van der Waals surface area (Å²) in [6.45, 7) is 2.23. The lowest BCUT2D eigenvalue weighted by Crippen LogP contribution is -2.48. The summed E-state index contributed by atoms with van der Waals surface area (Å²) in [7, 11) is 1.65. The highest BCUT2D eigenvalue weighted by atomic mass is 32.1. The Morgan fingerprint density at radius 2 is 1.82 bits per heavy atom. The predicted octanol–water partition coefficient (Wildman–Crippen LogP) is 5.16. The topological polar surface area (TPSA) is 61.8 Å². The summed E-state index contributed by atoms with van der Waals surface area (Å²) in [6, 6.07) is 13.2. The van der Waals surface area contributed by atoms with Crippen LogP contribution in [0.3, 0.4) is 0 Å². The number of piperidine rings is 1. The number of rotatable bonds is 6. The number of likely N-dealkylation sites (tertiary alicyclic amines) is 1. The van der Waals surface area contributed by atoms with Gasteiger partial charge in [0.05, 0.1) is 25.1 Å². The summed E-state index contributed by atoms with van der Waals surface area (Å²) in [4.78, 5) is 0.999. The van der Waals surface area contributed by atoms with Crippen LogP contribution in [0.1, 0.15) is 19.3 Å². The van der Waals surface area contributed by atoms with E-state index in [1.165, 1.54) is 0 Å². The maximum absolute atomic E-state index is 12.8. The lowest BCUT2D eigenvalue weighted by Gasteiger charge is -2.45. The second kappa shape index (κ2) is 7.99. The van der Waals surface area contributed by atoms with E-state index in [1.807, 2.05) is 30.3 Å². The van der Waals surface area contributed by atoms with Gasteiger partial charge in [-0.2, -0.15) is 0 Å². The van der Waals surface area contributed by atoms with Crippen LogP contribution < -0.4 is 9.47 Å². The Morgan fingerprint density at radius 1 is 1.07 bits per heavy atom. The van der Waals surface area contributed by atoms with Crippen molar-refractivity contribution in [1.82, 2.24) is 0 Å². The summed E-state index contributed by atoms with van der Waals surface area (Å²) in [5.41, 5.74) is 1.03. The van der Waals surface area contributed by atoms with Gasteiger partial charge in [0.2, 0.25) is 0 Å². The summed E-state index contributed by atoms with van der Waals surface area (Å²) in [6.07, 6.45) is 3.16. The van der Waals surface area contributed by atoms with Crippen LogP contribution in [0.15, 0.2) is 42.5 Å². The zero-order valence-electron chi connectivity index (χ0n) is 16.0. The molecule has 2 aromatic carbocycles. The standard InChI is InChI=1S/C22H25NO4S/c1-26-18-8-5-16(6-9-18)22-21(19-10-7-17(24)15-20(19)28-22)27-14-13-23(25)11-3-2-4-12-23/h5-10,15,24H,2-4,11-14H2,1H3. The number of aromatic hydroxyl groups is 1. The Morgan fingerprint density at radius 3 is 2.54 bits per heavy atom. The van der Waals surface area contributed by atoms with Gasteiger partial charge in [0, 0.05) is 10.1 Å². The van der Waals surface area contributed by atoms with Crippen molar-refractivity contribution in [3.05, 3.63) is 47.7 Å². The monoisotopic (exact) mass is 399 g/mol. The van der Waals surface area contributed by atoms with E-state index in [0.717, 1.165) is 51.3 Å². The van der Waals surface area contributed by atoms with Crippen molar-refractivity contribution in [2.45, 2.75) is 19.3 Å². The Labute approximate surface area is 168 Å². The minimum atomic E-state index is -0.152. The third-order valence-electron chi connectivity index (χ3n) is 5.36. The number of thiophene rings is 1. The number of ether oxygens (including phenoxy) is 2.